The van der Waals surface area contributed by atoms with Gasteiger partial charge in [-0.15, -0.1) is 10.2 Å². The van der Waals surface area contributed by atoms with Gasteiger partial charge in [0.15, 0.2) is 5.76 Å². The number of rotatable bonds is 2. The summed E-state index contributed by atoms with van der Waals surface area (Å²) in [5.41, 5.74) is 0.457. The molecular formula is C16H14FN3O4. The molecule has 0 bridgehead atoms. The minimum absolute atomic E-state index is 0.138. The first-order valence-corrected chi connectivity index (χ1v) is 7.49. The number of ether oxygens (including phenoxy) is 1. The van der Waals surface area contributed by atoms with E-state index in [9.17, 15) is 9.18 Å². The van der Waals surface area contributed by atoms with Crippen molar-refractivity contribution in [3.05, 3.63) is 47.6 Å². The number of nitrogens with zero attached hydrogens (tertiary/aromatic N) is 3. The number of furan rings is 1. The van der Waals surface area contributed by atoms with Crippen LogP contribution in [0.1, 0.15) is 28.4 Å². The van der Waals surface area contributed by atoms with Crippen LogP contribution in [0.4, 0.5) is 4.39 Å². The molecule has 1 aromatic carbocycles. The lowest BCUT2D eigenvalue weighted by molar-refractivity contribution is -0.0120. The third kappa shape index (κ3) is 2.54. The first-order chi connectivity index (χ1) is 11.6. The summed E-state index contributed by atoms with van der Waals surface area (Å²) in [5, 5.41) is 8.32. The maximum atomic E-state index is 13.3. The van der Waals surface area contributed by atoms with E-state index in [-0.39, 0.29) is 24.1 Å². The van der Waals surface area contributed by atoms with Crippen molar-refractivity contribution in [2.45, 2.75) is 13.0 Å². The van der Waals surface area contributed by atoms with E-state index >= 15 is 0 Å². The standard InChI is InChI=1S/C16H14FN3O4/c1-9-18-19-15(23-9)12-8-22-5-4-20(12)16(21)14-7-10-6-11(17)2-3-13(10)24-14/h2-3,6-7,12H,4-5,8H2,1H3/t12-/m1/s1. The van der Waals surface area contributed by atoms with Gasteiger partial charge in [0, 0.05) is 18.9 Å². The summed E-state index contributed by atoms with van der Waals surface area (Å²) < 4.78 is 29.7. The minimum Gasteiger partial charge on any atom is -0.451 e. The molecule has 0 aliphatic carbocycles. The van der Waals surface area contributed by atoms with Gasteiger partial charge in [0.2, 0.25) is 11.8 Å². The number of amides is 1. The fraction of sp³-hybridized carbons (Fsp3) is 0.312. The number of morpholine rings is 1. The van der Waals surface area contributed by atoms with Crippen LogP contribution in [0.3, 0.4) is 0 Å². The molecule has 1 saturated heterocycles. The van der Waals surface area contributed by atoms with E-state index in [4.69, 9.17) is 13.6 Å². The quantitative estimate of drug-likeness (QED) is 0.717. The molecule has 8 heteroatoms. The molecule has 124 valence electrons. The van der Waals surface area contributed by atoms with E-state index in [1.165, 1.54) is 24.3 Å². The number of hydrogen-bond acceptors (Lipinski definition) is 6. The fourth-order valence-corrected chi connectivity index (χ4v) is 2.76. The molecule has 1 aliphatic heterocycles. The van der Waals surface area contributed by atoms with Crippen LogP contribution < -0.4 is 0 Å². The van der Waals surface area contributed by atoms with Crippen LogP contribution in [0.5, 0.6) is 0 Å². The highest BCUT2D eigenvalue weighted by molar-refractivity contribution is 5.96. The van der Waals surface area contributed by atoms with Gasteiger partial charge in [-0.25, -0.2) is 4.39 Å². The molecule has 1 aliphatic rings. The average molecular weight is 331 g/mol. The number of hydrogen-bond donors (Lipinski definition) is 0. The van der Waals surface area contributed by atoms with Crippen molar-refractivity contribution in [1.82, 2.24) is 15.1 Å². The Morgan fingerprint density at radius 3 is 2.96 bits per heavy atom. The molecule has 1 amide bonds. The summed E-state index contributed by atoms with van der Waals surface area (Å²) in [4.78, 5) is 14.4. The molecule has 7 nitrogen and oxygen atoms in total. The predicted molar refractivity (Wildman–Crippen MR) is 79.8 cm³/mol. The van der Waals surface area contributed by atoms with Crippen molar-refractivity contribution in [3.8, 4) is 0 Å². The number of carbonyl (C=O) groups excluding carboxylic acids is 1. The molecule has 0 N–H and O–H groups in total. The summed E-state index contributed by atoms with van der Waals surface area (Å²) in [5.74, 6) is 0.173. The minimum atomic E-state index is -0.475. The van der Waals surface area contributed by atoms with Gasteiger partial charge >= 0.3 is 0 Å². The molecule has 0 radical (unpaired) electrons. The molecule has 3 heterocycles. The number of benzene rings is 1. The van der Waals surface area contributed by atoms with Crippen LogP contribution >= 0.6 is 0 Å². The van der Waals surface area contributed by atoms with Crippen LogP contribution in [0.15, 0.2) is 33.1 Å². The third-order valence-corrected chi connectivity index (χ3v) is 3.91. The Labute approximate surface area is 136 Å². The van der Waals surface area contributed by atoms with E-state index in [2.05, 4.69) is 10.2 Å². The van der Waals surface area contributed by atoms with Gasteiger partial charge in [-0.2, -0.15) is 0 Å². The van der Waals surface area contributed by atoms with Crippen LogP contribution in [-0.2, 0) is 4.74 Å². The summed E-state index contributed by atoms with van der Waals surface area (Å²) in [6.07, 6.45) is 0. The van der Waals surface area contributed by atoms with Gasteiger partial charge in [0.25, 0.3) is 5.91 Å². The highest BCUT2D eigenvalue weighted by atomic mass is 19.1. The number of carbonyl (C=O) groups is 1. The lowest BCUT2D eigenvalue weighted by atomic mass is 10.2. The zero-order chi connectivity index (χ0) is 16.7. The fourth-order valence-electron chi connectivity index (χ4n) is 2.76. The monoisotopic (exact) mass is 331 g/mol. The Morgan fingerprint density at radius 1 is 1.29 bits per heavy atom. The topological polar surface area (TPSA) is 81.6 Å². The largest absolute Gasteiger partial charge is 0.451 e. The lowest BCUT2D eigenvalue weighted by Crippen LogP contribution is -2.43. The predicted octanol–water partition coefficient (Wildman–Crippen LogP) is 2.48. The van der Waals surface area contributed by atoms with Crippen LogP contribution in [0.2, 0.25) is 0 Å². The molecule has 4 rings (SSSR count). The van der Waals surface area contributed by atoms with Crippen LogP contribution in [0, 0.1) is 12.7 Å². The smallest absolute Gasteiger partial charge is 0.290 e. The number of aryl methyl sites for hydroxylation is 1. The second-order valence-corrected chi connectivity index (χ2v) is 5.54. The molecule has 1 fully saturated rings. The van der Waals surface area contributed by atoms with Crippen molar-refractivity contribution >= 4 is 16.9 Å². The molecule has 3 aromatic rings. The van der Waals surface area contributed by atoms with Gasteiger partial charge in [-0.3, -0.25) is 4.79 Å². The molecule has 24 heavy (non-hydrogen) atoms. The molecular weight excluding hydrogens is 317 g/mol. The van der Waals surface area contributed by atoms with Gasteiger partial charge in [-0.1, -0.05) is 0 Å². The second-order valence-electron chi connectivity index (χ2n) is 5.54. The summed E-state index contributed by atoms with van der Waals surface area (Å²) in [7, 11) is 0. The van der Waals surface area contributed by atoms with E-state index in [1.807, 2.05) is 0 Å². The SMILES string of the molecule is Cc1nnc([C@H]2COCCN2C(=O)c2cc3cc(F)ccc3o2)o1. The van der Waals surface area contributed by atoms with Crippen molar-refractivity contribution in [1.29, 1.82) is 0 Å². The zero-order valence-corrected chi connectivity index (χ0v) is 12.9. The first kappa shape index (κ1) is 14.8. The maximum Gasteiger partial charge on any atom is 0.290 e. The van der Waals surface area contributed by atoms with E-state index in [1.54, 1.807) is 11.8 Å². The third-order valence-electron chi connectivity index (χ3n) is 3.91. The van der Waals surface area contributed by atoms with Gasteiger partial charge in [-0.05, 0) is 24.3 Å². The summed E-state index contributed by atoms with van der Waals surface area (Å²) >= 11 is 0. The molecule has 2 aromatic heterocycles. The van der Waals surface area contributed by atoms with Crippen molar-refractivity contribution in [3.63, 3.8) is 0 Å². The molecule has 1 atom stereocenters. The summed E-state index contributed by atoms with van der Waals surface area (Å²) in [6, 6.07) is 5.18. The Hall–Kier alpha value is -2.74. The molecule has 0 saturated carbocycles. The second kappa shape index (κ2) is 5.72. The van der Waals surface area contributed by atoms with Gasteiger partial charge in [0.1, 0.15) is 17.4 Å². The van der Waals surface area contributed by atoms with E-state index in [0.717, 1.165) is 0 Å². The first-order valence-electron chi connectivity index (χ1n) is 7.49. The molecule has 0 spiro atoms. The number of halogens is 1. The van der Waals surface area contributed by atoms with Crippen LogP contribution in [0.25, 0.3) is 11.0 Å². The Kier molecular flexibility index (Phi) is 3.53. The van der Waals surface area contributed by atoms with E-state index in [0.29, 0.717) is 35.9 Å². The molecule has 0 unspecified atom stereocenters. The van der Waals surface area contributed by atoms with Crippen LogP contribution in [-0.4, -0.2) is 40.8 Å². The van der Waals surface area contributed by atoms with Gasteiger partial charge in [0.05, 0.1) is 13.2 Å². The maximum absolute atomic E-state index is 13.3. The Morgan fingerprint density at radius 2 is 2.17 bits per heavy atom. The van der Waals surface area contributed by atoms with Crippen molar-refractivity contribution < 1.29 is 22.8 Å². The number of fused-ring (bicyclic) bond motifs is 1. The van der Waals surface area contributed by atoms with Crippen molar-refractivity contribution in [2.75, 3.05) is 19.8 Å². The Bertz CT molecular complexity index is 904. The Balaban J connectivity index is 1.67. The lowest BCUT2D eigenvalue weighted by Gasteiger charge is -2.32. The average Bonchev–Trinajstić information content (AvgIpc) is 3.20. The highest BCUT2D eigenvalue weighted by Gasteiger charge is 2.34. The normalized spacial score (nSPS) is 18.2. The van der Waals surface area contributed by atoms with E-state index < -0.39 is 6.04 Å². The summed E-state index contributed by atoms with van der Waals surface area (Å²) in [6.45, 7) is 2.73. The van der Waals surface area contributed by atoms with Crippen molar-refractivity contribution in [2.24, 2.45) is 0 Å². The zero-order valence-electron chi connectivity index (χ0n) is 12.9. The van der Waals surface area contributed by atoms with Gasteiger partial charge < -0.3 is 18.5 Å². The number of aromatic nitrogens is 2. The highest BCUT2D eigenvalue weighted by Crippen LogP contribution is 2.27.